The first-order valence-corrected chi connectivity index (χ1v) is 15.5. The third-order valence-corrected chi connectivity index (χ3v) is 13.0. The van der Waals surface area contributed by atoms with Crippen molar-refractivity contribution >= 4 is 11.7 Å². The molecular formula is C32H46N2O8. The number of piperidine rings is 1. The molecular weight excluding hydrogens is 540 g/mol. The van der Waals surface area contributed by atoms with Crippen molar-refractivity contribution in [3.05, 3.63) is 29.8 Å². The molecule has 6 aliphatic rings. The summed E-state index contributed by atoms with van der Waals surface area (Å²) in [4.78, 5) is 15.7. The normalized spacial score (nSPS) is 50.1. The molecule has 7 rings (SSSR count). The lowest BCUT2D eigenvalue weighted by molar-refractivity contribution is -0.320. The van der Waals surface area contributed by atoms with Gasteiger partial charge in [0, 0.05) is 75.7 Å². The standard InChI is InChI=1S/C32H46N2O8/c1-6-34-15-29(16-42-27(35)17-9-7-8-10-20(17)33)12-11-22(39-3)31-19-13-18-21(38-2)14-30(36,23(19)24(18)40-4)32(37,28(31)34)26(41-5)25(29)31/h7-10,18-19,21-26,28,36-37H,6,11-16,33H2,1-5H3/t18-,19-,21+,22+,23-,24+,25-,26+,28+,29+,30-,31-,32-/m1/s1. The lowest BCUT2D eigenvalue weighted by Gasteiger charge is -2.70. The summed E-state index contributed by atoms with van der Waals surface area (Å²) in [6.45, 7) is 3.54. The molecule has 10 nitrogen and oxygen atoms in total. The minimum Gasteiger partial charge on any atom is -0.461 e. The van der Waals surface area contributed by atoms with Gasteiger partial charge in [-0.1, -0.05) is 19.1 Å². The number of methoxy groups -OCH3 is 4. The summed E-state index contributed by atoms with van der Waals surface area (Å²) in [5.41, 5.74) is 2.65. The van der Waals surface area contributed by atoms with Gasteiger partial charge in [0.05, 0.1) is 42.6 Å². The number of anilines is 1. The zero-order valence-electron chi connectivity index (χ0n) is 25.3. The van der Waals surface area contributed by atoms with E-state index in [9.17, 15) is 15.0 Å². The molecule has 5 saturated carbocycles. The van der Waals surface area contributed by atoms with Gasteiger partial charge in [-0.15, -0.1) is 0 Å². The van der Waals surface area contributed by atoms with Crippen LogP contribution in [0.15, 0.2) is 24.3 Å². The van der Waals surface area contributed by atoms with Crippen molar-refractivity contribution < 1.29 is 38.7 Å². The van der Waals surface area contributed by atoms with Crippen LogP contribution in [0.1, 0.15) is 43.0 Å². The van der Waals surface area contributed by atoms with Gasteiger partial charge in [0.1, 0.15) is 11.2 Å². The van der Waals surface area contributed by atoms with Crippen molar-refractivity contribution in [2.75, 3.05) is 53.9 Å². The van der Waals surface area contributed by atoms with Crippen molar-refractivity contribution in [1.29, 1.82) is 0 Å². The predicted molar refractivity (Wildman–Crippen MR) is 153 cm³/mol. The van der Waals surface area contributed by atoms with Gasteiger partial charge in [0.15, 0.2) is 0 Å². The maximum absolute atomic E-state index is 13.4. The van der Waals surface area contributed by atoms with Crippen molar-refractivity contribution in [3.63, 3.8) is 0 Å². The number of nitrogens with zero attached hydrogens (tertiary/aromatic N) is 1. The van der Waals surface area contributed by atoms with Gasteiger partial charge in [0.25, 0.3) is 0 Å². The number of carbonyl (C=O) groups is 1. The number of aliphatic hydroxyl groups is 2. The molecule has 5 aliphatic carbocycles. The van der Waals surface area contributed by atoms with Crippen LogP contribution >= 0.6 is 0 Å². The van der Waals surface area contributed by atoms with Crippen molar-refractivity contribution in [2.45, 2.75) is 74.3 Å². The highest BCUT2D eigenvalue weighted by Gasteiger charge is 2.91. The number of fused-ring (bicyclic) bond motifs is 2. The Morgan fingerprint density at radius 3 is 2.50 bits per heavy atom. The summed E-state index contributed by atoms with van der Waals surface area (Å²) in [6.07, 6.45) is 1.22. The summed E-state index contributed by atoms with van der Waals surface area (Å²) in [5.74, 6) is -0.892. The van der Waals surface area contributed by atoms with E-state index < -0.39 is 40.1 Å². The second kappa shape index (κ2) is 9.60. The number of hydrogen-bond donors (Lipinski definition) is 3. The molecule has 232 valence electrons. The Kier molecular flexibility index (Phi) is 6.62. The number of nitrogen functional groups attached to an aromatic ring is 1. The summed E-state index contributed by atoms with van der Waals surface area (Å²) in [7, 11) is 6.80. The molecule has 0 aromatic heterocycles. The molecule has 1 saturated heterocycles. The first-order valence-electron chi connectivity index (χ1n) is 15.5. The summed E-state index contributed by atoms with van der Waals surface area (Å²) in [5, 5.41) is 26.3. The minimum absolute atomic E-state index is 0.00697. The number of rotatable bonds is 8. The van der Waals surface area contributed by atoms with Crippen LogP contribution in [0, 0.1) is 34.5 Å². The van der Waals surface area contributed by atoms with E-state index >= 15 is 0 Å². The zero-order chi connectivity index (χ0) is 29.8. The number of esters is 1. The van der Waals surface area contributed by atoms with Gasteiger partial charge in [-0.3, -0.25) is 4.90 Å². The van der Waals surface area contributed by atoms with Crippen LogP contribution in [0.3, 0.4) is 0 Å². The first kappa shape index (κ1) is 29.0. The van der Waals surface area contributed by atoms with Gasteiger partial charge in [-0.25, -0.2) is 4.79 Å². The molecule has 1 aromatic rings. The van der Waals surface area contributed by atoms with Crippen LogP contribution in [0.4, 0.5) is 5.69 Å². The van der Waals surface area contributed by atoms with E-state index in [1.165, 1.54) is 0 Å². The Bertz CT molecular complexity index is 1250. The molecule has 10 heteroatoms. The van der Waals surface area contributed by atoms with Gasteiger partial charge < -0.3 is 39.6 Å². The third-order valence-electron chi connectivity index (χ3n) is 13.0. The van der Waals surface area contributed by atoms with E-state index in [4.69, 9.17) is 29.4 Å². The topological polar surface area (TPSA) is 133 Å². The molecule has 1 aliphatic heterocycles. The Labute approximate surface area is 247 Å². The smallest absolute Gasteiger partial charge is 0.340 e. The second-order valence-electron chi connectivity index (χ2n) is 13.8. The van der Waals surface area contributed by atoms with Crippen LogP contribution in [0.25, 0.3) is 0 Å². The summed E-state index contributed by atoms with van der Waals surface area (Å²) in [6, 6.07) is 6.55. The molecule has 6 fully saturated rings. The maximum Gasteiger partial charge on any atom is 0.340 e. The quantitative estimate of drug-likeness (QED) is 0.306. The van der Waals surface area contributed by atoms with E-state index in [2.05, 4.69) is 11.8 Å². The minimum atomic E-state index is -1.62. The number of para-hydroxylation sites is 1. The van der Waals surface area contributed by atoms with E-state index in [0.717, 1.165) is 19.3 Å². The molecule has 1 aromatic carbocycles. The van der Waals surface area contributed by atoms with Crippen LogP contribution < -0.4 is 5.73 Å². The lowest BCUT2D eigenvalue weighted by Crippen LogP contribution is -2.82. The number of benzene rings is 1. The number of carbonyl (C=O) groups excluding carboxylic acids is 1. The molecule has 1 heterocycles. The fourth-order valence-corrected chi connectivity index (χ4v) is 12.0. The summed E-state index contributed by atoms with van der Waals surface area (Å²) >= 11 is 0. The molecule has 0 amide bonds. The molecule has 42 heavy (non-hydrogen) atoms. The average molecular weight is 587 g/mol. The van der Waals surface area contributed by atoms with E-state index in [1.54, 1.807) is 52.7 Å². The molecule has 0 radical (unpaired) electrons. The number of nitrogens with two attached hydrogens (primary N) is 1. The van der Waals surface area contributed by atoms with Crippen molar-refractivity contribution in [2.24, 2.45) is 34.5 Å². The van der Waals surface area contributed by atoms with Crippen LogP contribution in [0.2, 0.25) is 0 Å². The lowest BCUT2D eigenvalue weighted by atomic mass is 9.42. The number of likely N-dealkylation sites (N-methyl/N-ethyl adjacent to an activating group) is 1. The monoisotopic (exact) mass is 586 g/mol. The maximum atomic E-state index is 13.4. The van der Waals surface area contributed by atoms with Crippen molar-refractivity contribution in [1.82, 2.24) is 4.90 Å². The van der Waals surface area contributed by atoms with Crippen molar-refractivity contribution in [3.8, 4) is 0 Å². The van der Waals surface area contributed by atoms with Crippen LogP contribution in [-0.2, 0) is 23.7 Å². The molecule has 13 atom stereocenters. The van der Waals surface area contributed by atoms with Gasteiger partial charge in [-0.05, 0) is 43.9 Å². The highest BCUT2D eigenvalue weighted by Crippen LogP contribution is 2.80. The first-order chi connectivity index (χ1) is 20.1. The van der Waals surface area contributed by atoms with Gasteiger partial charge in [0.2, 0.25) is 0 Å². The summed E-state index contributed by atoms with van der Waals surface area (Å²) < 4.78 is 31.1. The third kappa shape index (κ3) is 3.12. The number of hydrogen-bond acceptors (Lipinski definition) is 10. The average Bonchev–Trinajstić information content (AvgIpc) is 3.41. The number of likely N-dealkylation sites (tertiary alicyclic amines) is 1. The highest BCUT2D eigenvalue weighted by molar-refractivity contribution is 5.95. The van der Waals surface area contributed by atoms with E-state index in [1.807, 2.05) is 0 Å². The van der Waals surface area contributed by atoms with Crippen LogP contribution in [-0.4, -0.2) is 111 Å². The fourth-order valence-electron chi connectivity index (χ4n) is 12.0. The van der Waals surface area contributed by atoms with Crippen LogP contribution in [0.5, 0.6) is 0 Å². The van der Waals surface area contributed by atoms with Gasteiger partial charge in [-0.2, -0.15) is 0 Å². The molecule has 0 unspecified atom stereocenters. The Hall–Kier alpha value is -1.79. The number of ether oxygens (including phenoxy) is 5. The van der Waals surface area contributed by atoms with Gasteiger partial charge >= 0.3 is 5.97 Å². The fraction of sp³-hybridized carbons (Fsp3) is 0.781. The Balaban J connectivity index is 1.41. The Morgan fingerprint density at radius 1 is 1.10 bits per heavy atom. The second-order valence-corrected chi connectivity index (χ2v) is 13.8. The highest BCUT2D eigenvalue weighted by atomic mass is 16.5. The molecule has 7 bridgehead atoms. The predicted octanol–water partition coefficient (Wildman–Crippen LogP) is 1.72. The molecule has 1 spiro atoms. The van der Waals surface area contributed by atoms with E-state index in [-0.39, 0.29) is 48.6 Å². The zero-order valence-corrected chi connectivity index (χ0v) is 25.3. The largest absolute Gasteiger partial charge is 0.461 e. The van der Waals surface area contributed by atoms with E-state index in [0.29, 0.717) is 30.8 Å². The SMILES string of the molecule is CCN1C[C@]2(COC(=O)c3ccccc3N)CC[C@H](OC)[C@]34[C@@H]5C[C@H]6[C@H](OC)[C@@H]5[C@](O)(C[C@@H]6OC)[C@@](O)([C@@H](OC)[C@H]23)[C@@H]14. The molecule has 4 N–H and O–H groups in total. The Morgan fingerprint density at radius 2 is 1.86 bits per heavy atom.